The molecule has 1 amide bonds. The first-order chi connectivity index (χ1) is 11.7. The minimum absolute atomic E-state index is 0.0463. The Labute approximate surface area is 142 Å². The van der Waals surface area contributed by atoms with Gasteiger partial charge in [-0.1, -0.05) is 18.2 Å². The van der Waals surface area contributed by atoms with Gasteiger partial charge in [0.2, 0.25) is 0 Å². The van der Waals surface area contributed by atoms with E-state index >= 15 is 0 Å². The lowest BCUT2D eigenvalue weighted by Gasteiger charge is -2.27. The van der Waals surface area contributed by atoms with Crippen molar-refractivity contribution in [1.29, 1.82) is 0 Å². The highest BCUT2D eigenvalue weighted by molar-refractivity contribution is 5.95. The van der Waals surface area contributed by atoms with Crippen molar-refractivity contribution < 1.29 is 4.79 Å². The van der Waals surface area contributed by atoms with E-state index in [1.54, 1.807) is 10.9 Å². The van der Waals surface area contributed by atoms with Crippen LogP contribution in [0.15, 0.2) is 36.5 Å². The van der Waals surface area contributed by atoms with Crippen LogP contribution in [0.1, 0.15) is 22.5 Å². The number of hydrogen-bond acceptors (Lipinski definition) is 4. The average molecular weight is 327 g/mol. The third kappa shape index (κ3) is 4.21. The molecule has 0 radical (unpaired) electrons. The fourth-order valence-electron chi connectivity index (χ4n) is 2.93. The number of piperazine rings is 1. The average Bonchev–Trinajstić information content (AvgIpc) is 3.02. The number of aryl methyl sites for hydroxylation is 1. The lowest BCUT2D eigenvalue weighted by molar-refractivity contribution is 0.0950. The molecule has 6 nitrogen and oxygen atoms in total. The summed E-state index contributed by atoms with van der Waals surface area (Å²) in [6.45, 7) is 7.90. The summed E-state index contributed by atoms with van der Waals surface area (Å²) in [5, 5.41) is 10.8. The van der Waals surface area contributed by atoms with Crippen molar-refractivity contribution in [3.8, 4) is 5.69 Å². The molecule has 1 saturated heterocycles. The van der Waals surface area contributed by atoms with Gasteiger partial charge in [0.25, 0.3) is 5.91 Å². The molecule has 0 unspecified atom stereocenters. The molecule has 128 valence electrons. The summed E-state index contributed by atoms with van der Waals surface area (Å²) in [6, 6.07) is 9.83. The number of amides is 1. The van der Waals surface area contributed by atoms with Crippen LogP contribution < -0.4 is 10.6 Å². The Morgan fingerprint density at radius 1 is 1.25 bits per heavy atom. The smallest absolute Gasteiger partial charge is 0.254 e. The molecule has 1 fully saturated rings. The number of para-hydroxylation sites is 1. The number of nitrogens with one attached hydrogen (secondary N) is 2. The fourth-order valence-corrected chi connectivity index (χ4v) is 2.93. The van der Waals surface area contributed by atoms with Crippen LogP contribution in [0.2, 0.25) is 0 Å². The molecule has 0 atom stereocenters. The number of hydrogen-bond donors (Lipinski definition) is 2. The molecule has 1 aliphatic heterocycles. The van der Waals surface area contributed by atoms with Gasteiger partial charge in [0.15, 0.2) is 0 Å². The van der Waals surface area contributed by atoms with Crippen LogP contribution in [0, 0.1) is 6.92 Å². The van der Waals surface area contributed by atoms with Gasteiger partial charge in [-0.15, -0.1) is 0 Å². The van der Waals surface area contributed by atoms with E-state index in [-0.39, 0.29) is 5.91 Å². The van der Waals surface area contributed by atoms with Crippen LogP contribution >= 0.6 is 0 Å². The molecular formula is C18H25N5O. The zero-order valence-corrected chi connectivity index (χ0v) is 14.2. The number of benzene rings is 1. The van der Waals surface area contributed by atoms with Gasteiger partial charge in [0.05, 0.1) is 16.9 Å². The van der Waals surface area contributed by atoms with Crippen LogP contribution in [0.4, 0.5) is 0 Å². The number of nitrogens with zero attached hydrogens (tertiary/aromatic N) is 3. The summed E-state index contributed by atoms with van der Waals surface area (Å²) >= 11 is 0. The Kier molecular flexibility index (Phi) is 5.61. The highest BCUT2D eigenvalue weighted by atomic mass is 16.1. The number of aromatic nitrogens is 2. The highest BCUT2D eigenvalue weighted by Gasteiger charge is 2.14. The Hall–Kier alpha value is -2.18. The maximum atomic E-state index is 12.4. The molecule has 2 heterocycles. The highest BCUT2D eigenvalue weighted by Crippen LogP contribution is 2.11. The molecule has 3 rings (SSSR count). The van der Waals surface area contributed by atoms with Crippen LogP contribution in [-0.2, 0) is 0 Å². The normalized spacial score (nSPS) is 15.4. The Bertz CT molecular complexity index is 661. The summed E-state index contributed by atoms with van der Waals surface area (Å²) in [5.41, 5.74) is 2.35. The predicted molar refractivity (Wildman–Crippen MR) is 94.6 cm³/mol. The molecule has 2 aromatic rings. The molecule has 0 spiro atoms. The molecular weight excluding hydrogens is 302 g/mol. The molecule has 1 aromatic carbocycles. The van der Waals surface area contributed by atoms with E-state index in [9.17, 15) is 4.79 Å². The Morgan fingerprint density at radius 3 is 2.75 bits per heavy atom. The number of carbonyl (C=O) groups is 1. The van der Waals surface area contributed by atoms with Gasteiger partial charge in [-0.25, -0.2) is 4.68 Å². The quantitative estimate of drug-likeness (QED) is 0.783. The van der Waals surface area contributed by atoms with Crippen molar-refractivity contribution in [2.75, 3.05) is 39.3 Å². The van der Waals surface area contributed by atoms with Gasteiger partial charge in [-0.05, 0) is 32.0 Å². The van der Waals surface area contributed by atoms with Gasteiger partial charge in [-0.3, -0.25) is 4.79 Å². The van der Waals surface area contributed by atoms with Crippen molar-refractivity contribution in [3.63, 3.8) is 0 Å². The van der Waals surface area contributed by atoms with E-state index < -0.39 is 0 Å². The minimum atomic E-state index is -0.0463. The van der Waals surface area contributed by atoms with Crippen molar-refractivity contribution >= 4 is 5.91 Å². The fraction of sp³-hybridized carbons (Fsp3) is 0.444. The molecule has 1 aromatic heterocycles. The molecule has 0 aliphatic carbocycles. The van der Waals surface area contributed by atoms with Crippen molar-refractivity contribution in [1.82, 2.24) is 25.3 Å². The zero-order chi connectivity index (χ0) is 16.8. The van der Waals surface area contributed by atoms with Crippen molar-refractivity contribution in [2.45, 2.75) is 13.3 Å². The lowest BCUT2D eigenvalue weighted by atomic mass is 10.2. The third-order valence-corrected chi connectivity index (χ3v) is 4.31. The van der Waals surface area contributed by atoms with E-state index in [1.807, 2.05) is 37.3 Å². The second kappa shape index (κ2) is 8.08. The van der Waals surface area contributed by atoms with E-state index in [0.29, 0.717) is 12.1 Å². The van der Waals surface area contributed by atoms with Gasteiger partial charge in [0, 0.05) is 38.9 Å². The number of rotatable bonds is 6. The second-order valence-electron chi connectivity index (χ2n) is 6.11. The van der Waals surface area contributed by atoms with Crippen molar-refractivity contribution in [3.05, 3.63) is 47.8 Å². The van der Waals surface area contributed by atoms with E-state index in [2.05, 4.69) is 20.6 Å². The molecule has 6 heteroatoms. The van der Waals surface area contributed by atoms with Crippen LogP contribution in [-0.4, -0.2) is 59.9 Å². The first kappa shape index (κ1) is 16.7. The SMILES string of the molecule is Cc1nn(-c2ccccc2)cc1C(=O)NCCCN1CCNCC1. The summed E-state index contributed by atoms with van der Waals surface area (Å²) < 4.78 is 1.75. The first-order valence-corrected chi connectivity index (χ1v) is 8.57. The maximum absolute atomic E-state index is 12.4. The molecule has 1 aliphatic rings. The maximum Gasteiger partial charge on any atom is 0.254 e. The van der Waals surface area contributed by atoms with Gasteiger partial charge < -0.3 is 15.5 Å². The molecule has 24 heavy (non-hydrogen) atoms. The van der Waals surface area contributed by atoms with Crippen LogP contribution in [0.5, 0.6) is 0 Å². The van der Waals surface area contributed by atoms with Crippen molar-refractivity contribution in [2.24, 2.45) is 0 Å². The minimum Gasteiger partial charge on any atom is -0.352 e. The van der Waals surface area contributed by atoms with Crippen LogP contribution in [0.3, 0.4) is 0 Å². The topological polar surface area (TPSA) is 62.2 Å². The summed E-state index contributed by atoms with van der Waals surface area (Å²) in [6.07, 6.45) is 2.77. The molecule has 2 N–H and O–H groups in total. The van der Waals surface area contributed by atoms with E-state index in [0.717, 1.165) is 50.5 Å². The molecule has 0 saturated carbocycles. The molecule has 0 bridgehead atoms. The summed E-state index contributed by atoms with van der Waals surface area (Å²) in [7, 11) is 0. The van der Waals surface area contributed by atoms with Gasteiger partial charge >= 0.3 is 0 Å². The van der Waals surface area contributed by atoms with E-state index in [1.165, 1.54) is 0 Å². The lowest BCUT2D eigenvalue weighted by Crippen LogP contribution is -2.44. The Morgan fingerprint density at radius 2 is 2.00 bits per heavy atom. The predicted octanol–water partition coefficient (Wildman–Crippen LogP) is 1.21. The first-order valence-electron chi connectivity index (χ1n) is 8.57. The monoisotopic (exact) mass is 327 g/mol. The largest absolute Gasteiger partial charge is 0.352 e. The summed E-state index contributed by atoms with van der Waals surface area (Å²) in [4.78, 5) is 14.8. The van der Waals surface area contributed by atoms with E-state index in [4.69, 9.17) is 0 Å². The van der Waals surface area contributed by atoms with Crippen LogP contribution in [0.25, 0.3) is 5.69 Å². The van der Waals surface area contributed by atoms with Gasteiger partial charge in [-0.2, -0.15) is 5.10 Å². The standard InChI is InChI=1S/C18H25N5O/c1-15-17(14-23(21-15)16-6-3-2-4-7-16)18(24)20-8-5-11-22-12-9-19-10-13-22/h2-4,6-7,14,19H,5,8-13H2,1H3,(H,20,24). The zero-order valence-electron chi connectivity index (χ0n) is 14.2. The van der Waals surface area contributed by atoms with Gasteiger partial charge in [0.1, 0.15) is 0 Å². The Balaban J connectivity index is 1.51. The summed E-state index contributed by atoms with van der Waals surface area (Å²) in [5.74, 6) is -0.0463. The third-order valence-electron chi connectivity index (χ3n) is 4.31. The number of carbonyl (C=O) groups excluding carboxylic acids is 1. The second-order valence-corrected chi connectivity index (χ2v) is 6.11.